The molecule has 0 spiro atoms. The van der Waals surface area contributed by atoms with Crippen LogP contribution in [-0.4, -0.2) is 26.9 Å². The Bertz CT molecular complexity index is 1290. The number of aromatic nitrogens is 3. The van der Waals surface area contributed by atoms with Crippen molar-refractivity contribution in [2.45, 2.75) is 44.6 Å². The monoisotopic (exact) mass is 454 g/mol. The summed E-state index contributed by atoms with van der Waals surface area (Å²) < 4.78 is 13.8. The Morgan fingerprint density at radius 3 is 2.44 bits per heavy atom. The first kappa shape index (κ1) is 22.1. The average molecular weight is 455 g/mol. The third-order valence-electron chi connectivity index (χ3n) is 7.06. The second kappa shape index (κ2) is 9.67. The molecule has 1 amide bonds. The van der Waals surface area contributed by atoms with Gasteiger partial charge in [0.05, 0.1) is 5.52 Å². The van der Waals surface area contributed by atoms with Gasteiger partial charge in [0.25, 0.3) is 5.91 Å². The van der Waals surface area contributed by atoms with Gasteiger partial charge in [-0.1, -0.05) is 12.1 Å². The lowest BCUT2D eigenvalue weighted by Crippen LogP contribution is -2.39. The third kappa shape index (κ3) is 4.67. The van der Waals surface area contributed by atoms with E-state index in [0.29, 0.717) is 17.4 Å². The highest BCUT2D eigenvalue weighted by molar-refractivity contribution is 5.94. The number of pyridine rings is 1. The minimum atomic E-state index is -0.225. The Morgan fingerprint density at radius 2 is 1.71 bits per heavy atom. The SMILES string of the molecule is C[C@@H](NC(=O)c1ccc(-c2cncnc2)cc1)C1CCC(c2ccnc3ccc(F)cc23)CC1. The lowest BCUT2D eigenvalue weighted by molar-refractivity contribution is 0.0918. The van der Waals surface area contributed by atoms with Crippen LogP contribution in [0.15, 0.2) is 73.4 Å². The van der Waals surface area contributed by atoms with Gasteiger partial charge in [0.2, 0.25) is 0 Å². The highest BCUT2D eigenvalue weighted by Crippen LogP contribution is 2.39. The second-order valence-corrected chi connectivity index (χ2v) is 9.14. The van der Waals surface area contributed by atoms with E-state index in [2.05, 4.69) is 27.2 Å². The van der Waals surface area contributed by atoms with Crippen molar-refractivity contribution in [3.63, 3.8) is 0 Å². The molecule has 0 unspecified atom stereocenters. The Labute approximate surface area is 198 Å². The molecular formula is C28H27FN4O. The largest absolute Gasteiger partial charge is 0.349 e. The average Bonchev–Trinajstić information content (AvgIpc) is 2.89. The molecule has 1 saturated carbocycles. The number of amides is 1. The highest BCUT2D eigenvalue weighted by Gasteiger charge is 2.28. The van der Waals surface area contributed by atoms with E-state index < -0.39 is 0 Å². The molecule has 0 radical (unpaired) electrons. The molecule has 1 N–H and O–H groups in total. The summed E-state index contributed by atoms with van der Waals surface area (Å²) in [5, 5.41) is 4.11. The maximum Gasteiger partial charge on any atom is 0.251 e. The van der Waals surface area contributed by atoms with Crippen molar-refractivity contribution in [2.75, 3.05) is 0 Å². The standard InChI is InChI=1S/C28H27FN4O/c1-18(33-28(34)22-8-4-20(5-9-22)23-15-30-17-31-16-23)19-2-6-21(7-3-19)25-12-13-32-27-11-10-24(29)14-26(25)27/h4-5,8-19,21H,2-3,6-7H2,1H3,(H,33,34)/t18-,19?,21?/m1/s1. The lowest BCUT2D eigenvalue weighted by atomic mass is 9.75. The minimum Gasteiger partial charge on any atom is -0.349 e. The van der Waals surface area contributed by atoms with E-state index in [0.717, 1.165) is 47.7 Å². The number of carbonyl (C=O) groups excluding carboxylic acids is 1. The van der Waals surface area contributed by atoms with Crippen LogP contribution in [0, 0.1) is 11.7 Å². The summed E-state index contributed by atoms with van der Waals surface area (Å²) in [5.74, 6) is 0.532. The molecule has 1 aliphatic rings. The van der Waals surface area contributed by atoms with Crippen LogP contribution in [-0.2, 0) is 0 Å². The summed E-state index contributed by atoms with van der Waals surface area (Å²) in [6.07, 6.45) is 10.9. The summed E-state index contributed by atoms with van der Waals surface area (Å²) in [6.45, 7) is 2.09. The second-order valence-electron chi connectivity index (χ2n) is 9.14. The number of rotatable bonds is 5. The molecule has 2 aromatic heterocycles. The minimum absolute atomic E-state index is 0.0545. The highest BCUT2D eigenvalue weighted by atomic mass is 19.1. The predicted molar refractivity (Wildman–Crippen MR) is 131 cm³/mol. The molecule has 0 saturated heterocycles. The normalized spacial score (nSPS) is 19.0. The fraction of sp³-hybridized carbons (Fsp3) is 0.286. The topological polar surface area (TPSA) is 67.8 Å². The van der Waals surface area contributed by atoms with E-state index in [4.69, 9.17) is 0 Å². The first-order valence-corrected chi connectivity index (χ1v) is 11.8. The van der Waals surface area contributed by atoms with Crippen LogP contribution in [0.4, 0.5) is 4.39 Å². The van der Waals surface area contributed by atoms with Crippen molar-refractivity contribution < 1.29 is 9.18 Å². The van der Waals surface area contributed by atoms with Crippen molar-refractivity contribution in [3.8, 4) is 11.1 Å². The molecule has 5 nitrogen and oxygen atoms in total. The van der Waals surface area contributed by atoms with Crippen molar-refractivity contribution >= 4 is 16.8 Å². The van der Waals surface area contributed by atoms with Crippen molar-refractivity contribution in [3.05, 3.63) is 90.4 Å². The number of carbonyl (C=O) groups is 1. The summed E-state index contributed by atoms with van der Waals surface area (Å²) in [6, 6.07) is 14.5. The summed E-state index contributed by atoms with van der Waals surface area (Å²) >= 11 is 0. The van der Waals surface area contributed by atoms with Gasteiger partial charge in [0.15, 0.2) is 0 Å². The molecule has 34 heavy (non-hydrogen) atoms. The van der Waals surface area contributed by atoms with Crippen LogP contribution >= 0.6 is 0 Å². The summed E-state index contributed by atoms with van der Waals surface area (Å²) in [5.41, 5.74) is 4.57. The number of hydrogen-bond donors (Lipinski definition) is 1. The summed E-state index contributed by atoms with van der Waals surface area (Å²) in [4.78, 5) is 25.3. The molecule has 6 heteroatoms. The van der Waals surface area contributed by atoms with Crippen molar-refractivity contribution in [1.82, 2.24) is 20.3 Å². The Hall–Kier alpha value is -3.67. The van der Waals surface area contributed by atoms with Crippen molar-refractivity contribution in [2.24, 2.45) is 5.92 Å². The van der Waals surface area contributed by atoms with Crippen LogP contribution in [0.5, 0.6) is 0 Å². The number of fused-ring (bicyclic) bond motifs is 1. The van der Waals surface area contributed by atoms with Gasteiger partial charge in [-0.05, 0) is 92.0 Å². The van der Waals surface area contributed by atoms with E-state index in [-0.39, 0.29) is 17.8 Å². The van der Waals surface area contributed by atoms with Crippen LogP contribution in [0.1, 0.15) is 54.4 Å². The first-order valence-electron chi connectivity index (χ1n) is 11.8. The van der Waals surface area contributed by atoms with Gasteiger partial charge in [-0.15, -0.1) is 0 Å². The Balaban J connectivity index is 1.20. The molecule has 0 aliphatic heterocycles. The maximum absolute atomic E-state index is 13.8. The molecule has 2 heterocycles. The van der Waals surface area contributed by atoms with Crippen LogP contribution in [0.3, 0.4) is 0 Å². The smallest absolute Gasteiger partial charge is 0.251 e. The zero-order valence-electron chi connectivity index (χ0n) is 19.1. The maximum atomic E-state index is 13.8. The van der Waals surface area contributed by atoms with E-state index in [1.165, 1.54) is 18.0 Å². The number of hydrogen-bond acceptors (Lipinski definition) is 4. The van der Waals surface area contributed by atoms with E-state index >= 15 is 0 Å². The molecule has 0 bridgehead atoms. The molecule has 172 valence electrons. The number of benzene rings is 2. The van der Waals surface area contributed by atoms with E-state index in [9.17, 15) is 9.18 Å². The van der Waals surface area contributed by atoms with E-state index in [1.54, 1.807) is 24.5 Å². The van der Waals surface area contributed by atoms with Gasteiger partial charge in [-0.25, -0.2) is 14.4 Å². The Morgan fingerprint density at radius 1 is 0.971 bits per heavy atom. The molecule has 1 fully saturated rings. The molecule has 2 aromatic carbocycles. The zero-order chi connectivity index (χ0) is 23.5. The Kier molecular flexibility index (Phi) is 6.30. The zero-order valence-corrected chi connectivity index (χ0v) is 19.1. The van der Waals surface area contributed by atoms with Gasteiger partial charge in [-0.2, -0.15) is 0 Å². The van der Waals surface area contributed by atoms with Crippen molar-refractivity contribution in [1.29, 1.82) is 0 Å². The fourth-order valence-corrected chi connectivity index (χ4v) is 5.10. The molecule has 5 rings (SSSR count). The fourth-order valence-electron chi connectivity index (χ4n) is 5.10. The van der Waals surface area contributed by atoms with Crippen LogP contribution in [0.2, 0.25) is 0 Å². The van der Waals surface area contributed by atoms with Gasteiger partial charge in [-0.3, -0.25) is 9.78 Å². The predicted octanol–water partition coefficient (Wildman–Crippen LogP) is 5.92. The molecule has 4 aromatic rings. The molecular weight excluding hydrogens is 427 g/mol. The quantitative estimate of drug-likeness (QED) is 0.406. The third-order valence-corrected chi connectivity index (χ3v) is 7.06. The number of nitrogens with zero attached hydrogens (tertiary/aromatic N) is 3. The number of halogens is 1. The lowest BCUT2D eigenvalue weighted by Gasteiger charge is -2.33. The van der Waals surface area contributed by atoms with Gasteiger partial charge >= 0.3 is 0 Å². The molecule has 1 aliphatic carbocycles. The first-order chi connectivity index (χ1) is 16.6. The van der Waals surface area contributed by atoms with Gasteiger partial charge < -0.3 is 5.32 Å². The molecule has 1 atom stereocenters. The van der Waals surface area contributed by atoms with Crippen LogP contribution in [0.25, 0.3) is 22.0 Å². The van der Waals surface area contributed by atoms with Gasteiger partial charge in [0, 0.05) is 41.1 Å². The van der Waals surface area contributed by atoms with Gasteiger partial charge in [0.1, 0.15) is 12.1 Å². The summed E-state index contributed by atoms with van der Waals surface area (Å²) in [7, 11) is 0. The van der Waals surface area contributed by atoms with Crippen LogP contribution < -0.4 is 5.32 Å². The van der Waals surface area contributed by atoms with E-state index in [1.807, 2.05) is 36.5 Å². The number of nitrogens with one attached hydrogen (secondary N) is 1.